The molecule has 0 heterocycles. The van der Waals surface area contributed by atoms with Crippen molar-refractivity contribution >= 4 is 5.97 Å². The smallest absolute Gasteiger partial charge is 0.384 e. The molecule has 0 bridgehead atoms. The highest BCUT2D eigenvalue weighted by atomic mass is 19.4. The van der Waals surface area contributed by atoms with Crippen LogP contribution < -0.4 is 0 Å². The van der Waals surface area contributed by atoms with Gasteiger partial charge in [-0.1, -0.05) is 0 Å². The van der Waals surface area contributed by atoms with E-state index in [4.69, 9.17) is 15.3 Å². The maximum Gasteiger partial charge on any atom is 0.384 e. The van der Waals surface area contributed by atoms with Gasteiger partial charge in [-0.15, -0.1) is 0 Å². The highest BCUT2D eigenvalue weighted by Crippen LogP contribution is 2.52. The molecule has 0 fully saturated rings. The number of hydrogen-bond acceptors (Lipinski definition) is 3. The van der Waals surface area contributed by atoms with Crippen LogP contribution in [0.1, 0.15) is 0 Å². The van der Waals surface area contributed by atoms with Crippen LogP contribution in [0.2, 0.25) is 0 Å². The SMILES string of the molecule is O=C(O)C(O)(O)C(F)(F)C(F)(F)C(F)(F)C(F)F. The first-order valence-corrected chi connectivity index (χ1v) is 3.73. The lowest BCUT2D eigenvalue weighted by Gasteiger charge is -2.36. The number of aliphatic hydroxyl groups is 2. The molecule has 0 amide bonds. The minimum atomic E-state index is -7.02. The summed E-state index contributed by atoms with van der Waals surface area (Å²) in [7, 11) is 0. The molecule has 0 rings (SSSR count). The average molecular weight is 292 g/mol. The molecule has 0 unspecified atom stereocenters. The van der Waals surface area contributed by atoms with Gasteiger partial charge in [0.1, 0.15) is 0 Å². The molecule has 0 aliphatic rings. The van der Waals surface area contributed by atoms with Crippen molar-refractivity contribution < 1.29 is 55.2 Å². The van der Waals surface area contributed by atoms with E-state index >= 15 is 0 Å². The summed E-state index contributed by atoms with van der Waals surface area (Å²) in [6, 6.07) is 0. The minimum Gasteiger partial charge on any atom is -0.477 e. The van der Waals surface area contributed by atoms with Gasteiger partial charge in [0.25, 0.3) is 0 Å². The van der Waals surface area contributed by atoms with Gasteiger partial charge in [0.2, 0.25) is 0 Å². The van der Waals surface area contributed by atoms with Crippen LogP contribution in [-0.2, 0) is 4.79 Å². The zero-order chi connectivity index (χ0) is 15.2. The molecule has 4 nitrogen and oxygen atoms in total. The fourth-order valence-corrected chi connectivity index (χ4v) is 0.700. The molecule has 0 aliphatic heterocycles. The summed E-state index contributed by atoms with van der Waals surface area (Å²) in [6.07, 6.45) is -5.29. The van der Waals surface area contributed by atoms with Crippen LogP contribution in [0.4, 0.5) is 35.1 Å². The van der Waals surface area contributed by atoms with Gasteiger partial charge in [-0.25, -0.2) is 13.6 Å². The maximum atomic E-state index is 12.6. The Balaban J connectivity index is 5.81. The van der Waals surface area contributed by atoms with Crippen molar-refractivity contribution in [1.29, 1.82) is 0 Å². The first kappa shape index (κ1) is 16.8. The summed E-state index contributed by atoms with van der Waals surface area (Å²) in [5.41, 5.74) is 0. The molecule has 0 aliphatic carbocycles. The molecule has 3 N–H and O–H groups in total. The van der Waals surface area contributed by atoms with Crippen molar-refractivity contribution in [1.82, 2.24) is 0 Å². The van der Waals surface area contributed by atoms with E-state index in [0.717, 1.165) is 0 Å². The van der Waals surface area contributed by atoms with Gasteiger partial charge in [-0.05, 0) is 0 Å². The number of carbonyl (C=O) groups is 1. The number of halogens is 8. The van der Waals surface area contributed by atoms with Crippen molar-refractivity contribution in [3.05, 3.63) is 0 Å². The molecule has 0 saturated carbocycles. The number of carboxylic acid groups (broad SMARTS) is 1. The van der Waals surface area contributed by atoms with Crippen LogP contribution in [0.3, 0.4) is 0 Å². The van der Waals surface area contributed by atoms with E-state index in [0.29, 0.717) is 0 Å². The van der Waals surface area contributed by atoms with Gasteiger partial charge in [-0.2, -0.15) is 26.3 Å². The molecule has 0 radical (unpaired) electrons. The molecule has 12 heteroatoms. The Morgan fingerprint density at radius 1 is 0.889 bits per heavy atom. The molecule has 108 valence electrons. The summed E-state index contributed by atoms with van der Waals surface area (Å²) >= 11 is 0. The molecule has 0 saturated heterocycles. The second kappa shape index (κ2) is 4.19. The second-order valence-corrected chi connectivity index (χ2v) is 3.05. The fraction of sp³-hybridized carbons (Fsp3) is 0.833. The van der Waals surface area contributed by atoms with E-state index < -0.39 is 35.9 Å². The van der Waals surface area contributed by atoms with E-state index in [1.165, 1.54) is 0 Å². The Morgan fingerprint density at radius 3 is 1.44 bits per heavy atom. The Kier molecular flexibility index (Phi) is 3.92. The lowest BCUT2D eigenvalue weighted by molar-refractivity contribution is -0.402. The van der Waals surface area contributed by atoms with E-state index in [2.05, 4.69) is 0 Å². The quantitative estimate of drug-likeness (QED) is 0.520. The minimum absolute atomic E-state index is 3.42. The highest BCUT2D eigenvalue weighted by Gasteiger charge is 2.83. The summed E-state index contributed by atoms with van der Waals surface area (Å²) in [4.78, 5) is 9.87. The van der Waals surface area contributed by atoms with Gasteiger partial charge >= 0.3 is 35.9 Å². The number of carboxylic acids is 1. The predicted octanol–water partition coefficient (Wildman–Crippen LogP) is 0.923. The third-order valence-electron chi connectivity index (χ3n) is 1.82. The Bertz CT molecular complexity index is 338. The molecule has 0 aromatic heterocycles. The largest absolute Gasteiger partial charge is 0.477 e. The van der Waals surface area contributed by atoms with Crippen LogP contribution in [0.5, 0.6) is 0 Å². The van der Waals surface area contributed by atoms with Gasteiger partial charge in [-0.3, -0.25) is 0 Å². The van der Waals surface area contributed by atoms with Crippen LogP contribution in [0.15, 0.2) is 0 Å². The van der Waals surface area contributed by atoms with Crippen LogP contribution in [-0.4, -0.2) is 51.3 Å². The van der Waals surface area contributed by atoms with Gasteiger partial charge in [0.05, 0.1) is 0 Å². The number of hydrogen-bond donors (Lipinski definition) is 3. The lowest BCUT2D eigenvalue weighted by Crippen LogP contribution is -2.69. The topological polar surface area (TPSA) is 77.8 Å². The molecular formula is C6H4F8O4. The van der Waals surface area contributed by atoms with Crippen molar-refractivity contribution in [2.75, 3.05) is 0 Å². The normalized spacial score (nSPS) is 15.1. The first-order chi connectivity index (χ1) is 7.64. The summed E-state index contributed by atoms with van der Waals surface area (Å²) in [6.45, 7) is 0. The second-order valence-electron chi connectivity index (χ2n) is 3.05. The van der Waals surface area contributed by atoms with E-state index in [1.807, 2.05) is 0 Å². The monoisotopic (exact) mass is 292 g/mol. The Labute approximate surface area is 92.4 Å². The van der Waals surface area contributed by atoms with Crippen LogP contribution >= 0.6 is 0 Å². The summed E-state index contributed by atoms with van der Waals surface area (Å²) in [5.74, 6) is -29.5. The fourth-order valence-electron chi connectivity index (χ4n) is 0.700. The van der Waals surface area contributed by atoms with E-state index in [1.54, 1.807) is 0 Å². The summed E-state index contributed by atoms with van der Waals surface area (Å²) < 4.78 is 97.9. The van der Waals surface area contributed by atoms with E-state index in [-0.39, 0.29) is 0 Å². The third kappa shape index (κ3) is 1.98. The van der Waals surface area contributed by atoms with Gasteiger partial charge < -0.3 is 15.3 Å². The Hall–Kier alpha value is -1.17. The number of rotatable bonds is 5. The van der Waals surface area contributed by atoms with Crippen molar-refractivity contribution in [2.45, 2.75) is 30.0 Å². The van der Waals surface area contributed by atoms with Crippen LogP contribution in [0, 0.1) is 0 Å². The average Bonchev–Trinajstić information content (AvgIpc) is 2.15. The molecule has 0 aromatic rings. The molecule has 18 heavy (non-hydrogen) atoms. The molecule has 0 spiro atoms. The van der Waals surface area contributed by atoms with Crippen LogP contribution in [0.25, 0.3) is 0 Å². The van der Waals surface area contributed by atoms with Crippen molar-refractivity contribution in [2.24, 2.45) is 0 Å². The van der Waals surface area contributed by atoms with Gasteiger partial charge in [0, 0.05) is 0 Å². The molecule has 0 aromatic carbocycles. The predicted molar refractivity (Wildman–Crippen MR) is 35.6 cm³/mol. The number of aliphatic carboxylic acids is 1. The zero-order valence-electron chi connectivity index (χ0n) is 7.85. The molecule has 0 atom stereocenters. The van der Waals surface area contributed by atoms with E-state index in [9.17, 15) is 39.9 Å². The first-order valence-electron chi connectivity index (χ1n) is 3.73. The van der Waals surface area contributed by atoms with Crippen molar-refractivity contribution in [3.63, 3.8) is 0 Å². The molecular weight excluding hydrogens is 288 g/mol. The standard InChI is InChI=1S/C6H4F8O4/c7-1(8)3(9,10)5(11,12)6(13,14)4(17,18)2(15)16/h1,17-18H,(H,15,16). The number of alkyl halides is 8. The summed E-state index contributed by atoms with van der Waals surface area (Å²) in [5, 5.41) is 24.1. The lowest BCUT2D eigenvalue weighted by atomic mass is 9.97. The van der Waals surface area contributed by atoms with Gasteiger partial charge in [0.15, 0.2) is 0 Å². The zero-order valence-corrected chi connectivity index (χ0v) is 7.85. The van der Waals surface area contributed by atoms with Crippen molar-refractivity contribution in [3.8, 4) is 0 Å². The Morgan fingerprint density at radius 2 is 1.22 bits per heavy atom. The highest BCUT2D eigenvalue weighted by molar-refractivity contribution is 5.76. The third-order valence-corrected chi connectivity index (χ3v) is 1.82. The maximum absolute atomic E-state index is 12.6.